The first-order valence-electron chi connectivity index (χ1n) is 6.02. The highest BCUT2D eigenvalue weighted by molar-refractivity contribution is 6.31. The minimum Gasteiger partial charge on any atom is -0.508 e. The molecule has 1 aromatic carbocycles. The van der Waals surface area contributed by atoms with Crippen molar-refractivity contribution in [2.75, 3.05) is 0 Å². The van der Waals surface area contributed by atoms with Crippen molar-refractivity contribution in [3.63, 3.8) is 0 Å². The Morgan fingerprint density at radius 2 is 1.94 bits per heavy atom. The van der Waals surface area contributed by atoms with Gasteiger partial charge in [-0.15, -0.1) is 0 Å². The van der Waals surface area contributed by atoms with Gasteiger partial charge in [-0.3, -0.25) is 0 Å². The molecule has 0 spiro atoms. The minimum atomic E-state index is 0.0731. The maximum Gasteiger partial charge on any atom is 0.117 e. The summed E-state index contributed by atoms with van der Waals surface area (Å²) in [5.41, 5.74) is 0.375. The summed E-state index contributed by atoms with van der Waals surface area (Å²) in [7, 11) is 0. The second kappa shape index (κ2) is 7.19. The molecule has 0 bridgehead atoms. The van der Waals surface area contributed by atoms with Crippen molar-refractivity contribution in [1.82, 2.24) is 0 Å². The number of hydrogen-bond acceptors (Lipinski definition) is 2. The lowest BCUT2D eigenvalue weighted by molar-refractivity contribution is 0.385. The first-order chi connectivity index (χ1) is 8.13. The van der Waals surface area contributed by atoms with Gasteiger partial charge in [-0.05, 0) is 24.1 Å². The highest BCUT2D eigenvalue weighted by Crippen LogP contribution is 2.22. The van der Waals surface area contributed by atoms with Crippen molar-refractivity contribution in [2.45, 2.75) is 39.0 Å². The van der Waals surface area contributed by atoms with E-state index in [4.69, 9.17) is 22.0 Å². The van der Waals surface area contributed by atoms with E-state index < -0.39 is 0 Å². The molecule has 0 aliphatic heterocycles. The van der Waals surface area contributed by atoms with E-state index >= 15 is 0 Å². The van der Waals surface area contributed by atoms with Crippen LogP contribution in [0.25, 0.3) is 0 Å². The molecule has 0 unspecified atom stereocenters. The number of phenolic OH excluding ortho intramolecular Hbond substituents is 1. The van der Waals surface area contributed by atoms with Gasteiger partial charge in [0.25, 0.3) is 0 Å². The summed E-state index contributed by atoms with van der Waals surface area (Å²) in [6.07, 6.45) is 7.44. The van der Waals surface area contributed by atoms with Crippen LogP contribution >= 0.6 is 11.6 Å². The van der Waals surface area contributed by atoms with Gasteiger partial charge in [0.2, 0.25) is 0 Å². The Hall–Kier alpha value is -1.20. The Kier molecular flexibility index (Phi) is 5.86. The molecule has 1 fully saturated rings. The van der Waals surface area contributed by atoms with Gasteiger partial charge in [-0.25, -0.2) is 0 Å². The summed E-state index contributed by atoms with van der Waals surface area (Å²) in [6.45, 7) is 2.36. The van der Waals surface area contributed by atoms with E-state index in [1.165, 1.54) is 50.3 Å². The summed E-state index contributed by atoms with van der Waals surface area (Å²) in [4.78, 5) is 0. The molecular formula is C14H18ClNO. The Balaban J connectivity index is 0.000000181. The second-order valence-electron chi connectivity index (χ2n) is 4.52. The number of aromatic hydroxyl groups is 1. The van der Waals surface area contributed by atoms with Crippen molar-refractivity contribution in [3.05, 3.63) is 28.8 Å². The van der Waals surface area contributed by atoms with Gasteiger partial charge < -0.3 is 5.11 Å². The van der Waals surface area contributed by atoms with Gasteiger partial charge in [0.1, 0.15) is 11.8 Å². The van der Waals surface area contributed by atoms with Crippen LogP contribution < -0.4 is 0 Å². The highest BCUT2D eigenvalue weighted by Gasteiger charge is 2.05. The molecule has 0 heterocycles. The first kappa shape index (κ1) is 13.9. The van der Waals surface area contributed by atoms with E-state index in [1.54, 1.807) is 0 Å². The van der Waals surface area contributed by atoms with E-state index in [-0.39, 0.29) is 10.8 Å². The molecule has 1 aliphatic rings. The minimum absolute atomic E-state index is 0.0731. The van der Waals surface area contributed by atoms with Crippen molar-refractivity contribution in [3.8, 4) is 11.8 Å². The van der Waals surface area contributed by atoms with Gasteiger partial charge in [-0.1, -0.05) is 50.6 Å². The SMILES string of the molecule is CC1CCCCC1.N#Cc1ccc(O)cc1Cl. The molecule has 0 aromatic heterocycles. The molecule has 1 N–H and O–H groups in total. The van der Waals surface area contributed by atoms with E-state index in [0.29, 0.717) is 5.56 Å². The van der Waals surface area contributed by atoms with Crippen molar-refractivity contribution < 1.29 is 5.11 Å². The predicted molar refractivity (Wildman–Crippen MR) is 70.1 cm³/mol. The summed E-state index contributed by atoms with van der Waals surface area (Å²) in [5, 5.41) is 17.5. The Morgan fingerprint density at radius 1 is 1.29 bits per heavy atom. The predicted octanol–water partition coefficient (Wildman–Crippen LogP) is 4.50. The summed E-state index contributed by atoms with van der Waals surface area (Å²) < 4.78 is 0. The monoisotopic (exact) mass is 251 g/mol. The van der Waals surface area contributed by atoms with Crippen LogP contribution in [0.2, 0.25) is 5.02 Å². The van der Waals surface area contributed by atoms with Crippen LogP contribution in [0.5, 0.6) is 5.75 Å². The number of phenols is 1. The zero-order valence-electron chi connectivity index (χ0n) is 10.1. The largest absolute Gasteiger partial charge is 0.508 e. The smallest absolute Gasteiger partial charge is 0.117 e. The summed E-state index contributed by atoms with van der Waals surface area (Å²) >= 11 is 5.55. The molecule has 0 saturated heterocycles. The van der Waals surface area contributed by atoms with Crippen molar-refractivity contribution in [1.29, 1.82) is 5.26 Å². The standard InChI is InChI=1S/C7H4ClNO.C7H14/c8-7-3-6(10)2-1-5(7)4-9;1-7-5-3-2-4-6-7/h1-3,10H;7H,2-6H2,1H3. The lowest BCUT2D eigenvalue weighted by Gasteiger charge is -2.15. The van der Waals surface area contributed by atoms with E-state index in [0.717, 1.165) is 5.92 Å². The molecule has 2 nitrogen and oxygen atoms in total. The molecule has 1 aromatic rings. The Labute approximate surface area is 108 Å². The lowest BCUT2D eigenvalue weighted by atomic mass is 9.91. The molecular weight excluding hydrogens is 234 g/mol. The van der Waals surface area contributed by atoms with Gasteiger partial charge in [0.15, 0.2) is 0 Å². The molecule has 2 rings (SSSR count). The fraction of sp³-hybridized carbons (Fsp3) is 0.500. The van der Waals surface area contributed by atoms with Crippen LogP contribution in [0.1, 0.15) is 44.6 Å². The molecule has 0 atom stereocenters. The van der Waals surface area contributed by atoms with E-state index in [2.05, 4.69) is 6.92 Å². The number of nitrogens with zero attached hydrogens (tertiary/aromatic N) is 1. The number of rotatable bonds is 0. The van der Waals surface area contributed by atoms with Crippen LogP contribution in [-0.2, 0) is 0 Å². The first-order valence-corrected chi connectivity index (χ1v) is 6.40. The molecule has 17 heavy (non-hydrogen) atoms. The fourth-order valence-corrected chi connectivity index (χ4v) is 2.12. The van der Waals surface area contributed by atoms with E-state index in [1.807, 2.05) is 6.07 Å². The number of halogens is 1. The Bertz CT molecular complexity index is 392. The van der Waals surface area contributed by atoms with Gasteiger partial charge in [-0.2, -0.15) is 5.26 Å². The van der Waals surface area contributed by atoms with Crippen molar-refractivity contribution in [2.24, 2.45) is 5.92 Å². The van der Waals surface area contributed by atoms with Gasteiger partial charge in [0.05, 0.1) is 10.6 Å². The molecule has 92 valence electrons. The lowest BCUT2D eigenvalue weighted by Crippen LogP contribution is -1.99. The average molecular weight is 252 g/mol. The van der Waals surface area contributed by atoms with Crippen molar-refractivity contribution >= 4 is 11.6 Å². The summed E-state index contributed by atoms with van der Waals surface area (Å²) in [5.74, 6) is 1.11. The fourth-order valence-electron chi connectivity index (χ4n) is 1.90. The van der Waals surface area contributed by atoms with Gasteiger partial charge >= 0.3 is 0 Å². The topological polar surface area (TPSA) is 44.0 Å². The van der Waals surface area contributed by atoms with Crippen LogP contribution in [-0.4, -0.2) is 5.11 Å². The quantitative estimate of drug-likeness (QED) is 0.738. The third kappa shape index (κ3) is 5.10. The molecule has 3 heteroatoms. The van der Waals surface area contributed by atoms with Crippen LogP contribution in [0.4, 0.5) is 0 Å². The number of nitriles is 1. The highest BCUT2D eigenvalue weighted by atomic mass is 35.5. The zero-order valence-corrected chi connectivity index (χ0v) is 10.9. The molecule has 1 saturated carbocycles. The van der Waals surface area contributed by atoms with Gasteiger partial charge in [0, 0.05) is 0 Å². The maximum absolute atomic E-state index is 8.84. The average Bonchev–Trinajstić information content (AvgIpc) is 2.31. The number of benzene rings is 1. The Morgan fingerprint density at radius 3 is 2.35 bits per heavy atom. The molecule has 0 amide bonds. The van der Waals surface area contributed by atoms with Crippen LogP contribution in [0.15, 0.2) is 18.2 Å². The molecule has 0 radical (unpaired) electrons. The number of hydrogen-bond donors (Lipinski definition) is 1. The third-order valence-electron chi connectivity index (χ3n) is 2.97. The van der Waals surface area contributed by atoms with Crippen LogP contribution in [0, 0.1) is 17.2 Å². The summed E-state index contributed by atoms with van der Waals surface area (Å²) in [6, 6.07) is 6.10. The van der Waals surface area contributed by atoms with E-state index in [9.17, 15) is 0 Å². The normalized spacial score (nSPS) is 15.6. The zero-order chi connectivity index (χ0) is 12.7. The van der Waals surface area contributed by atoms with Crippen LogP contribution in [0.3, 0.4) is 0 Å². The molecule has 1 aliphatic carbocycles. The third-order valence-corrected chi connectivity index (χ3v) is 3.28. The second-order valence-corrected chi connectivity index (χ2v) is 4.93. The maximum atomic E-state index is 8.84.